The third-order valence-corrected chi connectivity index (χ3v) is 4.64. The lowest BCUT2D eigenvalue weighted by atomic mass is 9.98. The molecule has 1 aromatic carbocycles. The number of carbonyl (C=O) groups is 3. The first-order valence-electron chi connectivity index (χ1n) is 8.62. The lowest BCUT2D eigenvalue weighted by Gasteiger charge is -2.32. The molecule has 1 atom stereocenters. The van der Waals surface area contributed by atoms with E-state index in [1.54, 1.807) is 25.2 Å². The number of benzene rings is 1. The molecule has 0 radical (unpaired) electrons. The number of carboxylic acids is 1. The van der Waals surface area contributed by atoms with Crippen LogP contribution in [0.1, 0.15) is 23.2 Å². The minimum Gasteiger partial charge on any atom is -0.486 e. The zero-order valence-electron chi connectivity index (χ0n) is 14.6. The number of carboxylic acid groups (broad SMARTS) is 1. The Morgan fingerprint density at radius 1 is 1.27 bits per heavy atom. The Hall–Kier alpha value is -2.77. The van der Waals surface area contributed by atoms with E-state index in [0.717, 1.165) is 0 Å². The molecule has 26 heavy (non-hydrogen) atoms. The zero-order valence-corrected chi connectivity index (χ0v) is 14.6. The van der Waals surface area contributed by atoms with Gasteiger partial charge in [0.25, 0.3) is 5.91 Å². The highest BCUT2D eigenvalue weighted by Crippen LogP contribution is 2.34. The molecule has 2 aliphatic rings. The summed E-state index contributed by atoms with van der Waals surface area (Å²) in [6, 6.07) is 5.08. The lowest BCUT2D eigenvalue weighted by molar-refractivity contribution is -0.145. The predicted molar refractivity (Wildman–Crippen MR) is 91.3 cm³/mol. The first-order chi connectivity index (χ1) is 12.5. The van der Waals surface area contributed by atoms with Crippen LogP contribution in [0.2, 0.25) is 0 Å². The number of nitrogens with zero attached hydrogens (tertiary/aromatic N) is 2. The van der Waals surface area contributed by atoms with Gasteiger partial charge in [-0.1, -0.05) is 6.07 Å². The van der Waals surface area contributed by atoms with Crippen LogP contribution in [-0.2, 0) is 9.59 Å². The Balaban J connectivity index is 1.66. The molecule has 1 saturated heterocycles. The van der Waals surface area contributed by atoms with E-state index in [2.05, 4.69) is 0 Å². The summed E-state index contributed by atoms with van der Waals surface area (Å²) < 4.78 is 11.0. The van der Waals surface area contributed by atoms with E-state index in [9.17, 15) is 14.4 Å². The molecule has 2 aliphatic heterocycles. The maximum Gasteiger partial charge on any atom is 0.308 e. The first-order valence-corrected chi connectivity index (χ1v) is 8.62. The largest absolute Gasteiger partial charge is 0.486 e. The third kappa shape index (κ3) is 3.74. The lowest BCUT2D eigenvalue weighted by Crippen LogP contribution is -2.47. The van der Waals surface area contributed by atoms with Gasteiger partial charge in [-0.05, 0) is 25.0 Å². The molecule has 1 N–H and O–H groups in total. The van der Waals surface area contributed by atoms with Crippen molar-refractivity contribution in [3.63, 3.8) is 0 Å². The number of para-hydroxylation sites is 1. The third-order valence-electron chi connectivity index (χ3n) is 4.64. The molecule has 0 aliphatic carbocycles. The fourth-order valence-electron chi connectivity index (χ4n) is 3.23. The van der Waals surface area contributed by atoms with Crippen LogP contribution in [0.25, 0.3) is 0 Å². The average molecular weight is 362 g/mol. The van der Waals surface area contributed by atoms with E-state index in [4.69, 9.17) is 14.6 Å². The highest BCUT2D eigenvalue weighted by atomic mass is 16.6. The fourth-order valence-corrected chi connectivity index (χ4v) is 3.23. The van der Waals surface area contributed by atoms with Crippen molar-refractivity contribution in [1.29, 1.82) is 0 Å². The molecule has 8 heteroatoms. The van der Waals surface area contributed by atoms with Gasteiger partial charge < -0.3 is 24.4 Å². The molecular weight excluding hydrogens is 340 g/mol. The summed E-state index contributed by atoms with van der Waals surface area (Å²) in [6.07, 6.45) is 1.22. The number of fused-ring (bicyclic) bond motifs is 1. The normalized spacial score (nSPS) is 19.0. The van der Waals surface area contributed by atoms with Crippen LogP contribution in [0.3, 0.4) is 0 Å². The molecule has 8 nitrogen and oxygen atoms in total. The second-order valence-corrected chi connectivity index (χ2v) is 6.51. The van der Waals surface area contributed by atoms with Crippen molar-refractivity contribution >= 4 is 17.8 Å². The standard InChI is InChI=1S/C18H22N2O6/c1-19(11-15(21)20-7-3-4-12(10-20)18(23)24)17(22)13-5-2-6-14-16(13)26-9-8-25-14/h2,5-6,12H,3-4,7-11H2,1H3,(H,23,24). The summed E-state index contributed by atoms with van der Waals surface area (Å²) in [7, 11) is 1.54. The second kappa shape index (κ2) is 7.63. The van der Waals surface area contributed by atoms with Crippen molar-refractivity contribution in [3.05, 3.63) is 23.8 Å². The highest BCUT2D eigenvalue weighted by Gasteiger charge is 2.30. The molecule has 1 unspecified atom stereocenters. The van der Waals surface area contributed by atoms with E-state index in [1.807, 2.05) is 0 Å². The van der Waals surface area contributed by atoms with Gasteiger partial charge >= 0.3 is 5.97 Å². The van der Waals surface area contributed by atoms with Gasteiger partial charge in [-0.3, -0.25) is 14.4 Å². The molecule has 3 rings (SSSR count). The summed E-state index contributed by atoms with van der Waals surface area (Å²) in [5.41, 5.74) is 0.347. The summed E-state index contributed by atoms with van der Waals surface area (Å²) in [6.45, 7) is 1.38. The van der Waals surface area contributed by atoms with Crippen LogP contribution in [-0.4, -0.2) is 72.6 Å². The van der Waals surface area contributed by atoms with E-state index >= 15 is 0 Å². The van der Waals surface area contributed by atoms with Crippen LogP contribution in [0.15, 0.2) is 18.2 Å². The average Bonchev–Trinajstić information content (AvgIpc) is 2.67. The Morgan fingerprint density at radius 3 is 2.81 bits per heavy atom. The summed E-state index contributed by atoms with van der Waals surface area (Å²) >= 11 is 0. The van der Waals surface area contributed by atoms with Gasteiger partial charge in [0.1, 0.15) is 13.2 Å². The number of aliphatic carboxylic acids is 1. The number of hydrogen-bond acceptors (Lipinski definition) is 5. The molecule has 140 valence electrons. The van der Waals surface area contributed by atoms with E-state index in [-0.39, 0.29) is 24.9 Å². The van der Waals surface area contributed by atoms with Crippen LogP contribution >= 0.6 is 0 Å². The molecule has 1 aromatic rings. The van der Waals surface area contributed by atoms with Crippen molar-refractivity contribution in [2.24, 2.45) is 5.92 Å². The fraction of sp³-hybridized carbons (Fsp3) is 0.500. The molecular formula is C18H22N2O6. The van der Waals surface area contributed by atoms with E-state index in [1.165, 1.54) is 9.80 Å². The number of likely N-dealkylation sites (N-methyl/N-ethyl adjacent to an activating group) is 1. The quantitative estimate of drug-likeness (QED) is 0.853. The maximum atomic E-state index is 12.7. The summed E-state index contributed by atoms with van der Waals surface area (Å²) in [5, 5.41) is 9.14. The molecule has 0 bridgehead atoms. The van der Waals surface area contributed by atoms with Crippen molar-refractivity contribution < 1.29 is 29.0 Å². The second-order valence-electron chi connectivity index (χ2n) is 6.51. The van der Waals surface area contributed by atoms with Crippen molar-refractivity contribution in [2.45, 2.75) is 12.8 Å². The van der Waals surface area contributed by atoms with Gasteiger partial charge in [0.2, 0.25) is 5.91 Å². The molecule has 0 aromatic heterocycles. The number of piperidine rings is 1. The smallest absolute Gasteiger partial charge is 0.308 e. The monoisotopic (exact) mass is 362 g/mol. The van der Waals surface area contributed by atoms with Crippen LogP contribution in [0.5, 0.6) is 11.5 Å². The van der Waals surface area contributed by atoms with E-state index < -0.39 is 11.9 Å². The first kappa shape index (κ1) is 18.0. The number of rotatable bonds is 4. The number of likely N-dealkylation sites (tertiary alicyclic amines) is 1. The molecule has 1 fully saturated rings. The molecule has 2 amide bonds. The van der Waals surface area contributed by atoms with Gasteiger partial charge in [0, 0.05) is 20.1 Å². The van der Waals surface area contributed by atoms with Crippen molar-refractivity contribution in [3.8, 4) is 11.5 Å². The van der Waals surface area contributed by atoms with Gasteiger partial charge in [0.05, 0.1) is 18.0 Å². The zero-order chi connectivity index (χ0) is 18.7. The van der Waals surface area contributed by atoms with Gasteiger partial charge in [0.15, 0.2) is 11.5 Å². The van der Waals surface area contributed by atoms with Crippen molar-refractivity contribution in [2.75, 3.05) is 39.9 Å². The Morgan fingerprint density at radius 2 is 2.04 bits per heavy atom. The maximum absolute atomic E-state index is 12.7. The van der Waals surface area contributed by atoms with Crippen LogP contribution in [0.4, 0.5) is 0 Å². The highest BCUT2D eigenvalue weighted by molar-refractivity contribution is 5.99. The van der Waals surface area contributed by atoms with Gasteiger partial charge in [-0.2, -0.15) is 0 Å². The van der Waals surface area contributed by atoms with Crippen molar-refractivity contribution in [1.82, 2.24) is 9.80 Å². The Bertz CT molecular complexity index is 720. The minimum absolute atomic E-state index is 0.115. The summed E-state index contributed by atoms with van der Waals surface area (Å²) in [4.78, 5) is 39.2. The van der Waals surface area contributed by atoms with E-state index in [0.29, 0.717) is 49.7 Å². The molecule has 2 heterocycles. The minimum atomic E-state index is -0.889. The predicted octanol–water partition coefficient (Wildman–Crippen LogP) is 0.853. The van der Waals surface area contributed by atoms with Gasteiger partial charge in [-0.25, -0.2) is 0 Å². The van der Waals surface area contributed by atoms with Crippen LogP contribution < -0.4 is 9.47 Å². The van der Waals surface area contributed by atoms with Gasteiger partial charge in [-0.15, -0.1) is 0 Å². The summed E-state index contributed by atoms with van der Waals surface area (Å²) in [5.74, 6) is -1.12. The Labute approximate surface area is 151 Å². The SMILES string of the molecule is CN(CC(=O)N1CCCC(C(=O)O)C1)C(=O)c1cccc2c1OCCO2. The van der Waals surface area contributed by atoms with Crippen LogP contribution in [0, 0.1) is 5.92 Å². The molecule has 0 saturated carbocycles. The number of hydrogen-bond donors (Lipinski definition) is 1. The molecule has 0 spiro atoms. The number of carbonyl (C=O) groups excluding carboxylic acids is 2. The Kier molecular flexibility index (Phi) is 5.29. The number of amides is 2. The topological polar surface area (TPSA) is 96.4 Å². The number of ether oxygens (including phenoxy) is 2.